The predicted octanol–water partition coefficient (Wildman–Crippen LogP) is 1.84. The van der Waals surface area contributed by atoms with Gasteiger partial charge in [-0.1, -0.05) is 6.92 Å². The van der Waals surface area contributed by atoms with E-state index < -0.39 is 0 Å². The van der Waals surface area contributed by atoms with Gasteiger partial charge in [0.15, 0.2) is 0 Å². The first-order valence-electron chi connectivity index (χ1n) is 6.16. The van der Waals surface area contributed by atoms with E-state index in [4.69, 9.17) is 10.5 Å². The average Bonchev–Trinajstić information content (AvgIpc) is 2.94. The van der Waals surface area contributed by atoms with Crippen molar-refractivity contribution in [1.82, 2.24) is 14.5 Å². The quantitative estimate of drug-likeness (QED) is 0.917. The Morgan fingerprint density at radius 2 is 2.42 bits per heavy atom. The molecule has 19 heavy (non-hydrogen) atoms. The van der Waals surface area contributed by atoms with Crippen LogP contribution in [-0.2, 0) is 9.68 Å². The van der Waals surface area contributed by atoms with Crippen LogP contribution in [0.1, 0.15) is 19.6 Å². The number of fused-ring (bicyclic) bond motifs is 1. The molecule has 0 aromatic carbocycles. The third kappa shape index (κ3) is 2.04. The van der Waals surface area contributed by atoms with Crippen LogP contribution in [0.3, 0.4) is 0 Å². The first-order chi connectivity index (χ1) is 9.20. The summed E-state index contributed by atoms with van der Waals surface area (Å²) < 4.78 is 19.6. The molecule has 1 saturated heterocycles. The van der Waals surface area contributed by atoms with Gasteiger partial charge in [-0.05, 0) is 17.0 Å². The molecular formula is C12H15FN4O2. The number of nitrogens with two attached hydrogens (primary N) is 1. The minimum atomic E-state index is -0.235. The number of rotatable bonds is 3. The molecule has 1 aliphatic heterocycles. The summed E-state index contributed by atoms with van der Waals surface area (Å²) in [6.45, 7) is 2.01. The summed E-state index contributed by atoms with van der Waals surface area (Å²) >= 11 is 0. The van der Waals surface area contributed by atoms with Crippen molar-refractivity contribution in [2.45, 2.75) is 25.7 Å². The van der Waals surface area contributed by atoms with E-state index >= 15 is 0 Å². The standard InChI is InChI=1S/C12H15FN4O2/c1-7-4-8(5-18-13)19-12(7)17-3-2-9-10(14)15-6-16-11(9)17/h2-3,6-8,12H,4-5H2,1H3,(H2,14,15,16)/t7?,8?,12-/m1/s1. The maximum absolute atomic E-state index is 11.9. The number of hydrogen-bond donors (Lipinski definition) is 1. The van der Waals surface area contributed by atoms with E-state index in [0.717, 1.165) is 17.5 Å². The Balaban J connectivity index is 1.94. The van der Waals surface area contributed by atoms with Crippen LogP contribution in [0.2, 0.25) is 0 Å². The number of nitrogens with zero attached hydrogens (tertiary/aromatic N) is 3. The van der Waals surface area contributed by atoms with Crippen LogP contribution in [0, 0.1) is 5.92 Å². The van der Waals surface area contributed by atoms with Crippen LogP contribution in [0.15, 0.2) is 18.6 Å². The van der Waals surface area contributed by atoms with Gasteiger partial charge in [0.05, 0.1) is 11.5 Å². The molecule has 2 N–H and O–H groups in total. The van der Waals surface area contributed by atoms with E-state index in [9.17, 15) is 4.53 Å². The lowest BCUT2D eigenvalue weighted by Gasteiger charge is -2.18. The summed E-state index contributed by atoms with van der Waals surface area (Å²) in [5, 5.41) is 0.795. The maximum Gasteiger partial charge on any atom is 0.147 e. The molecule has 0 radical (unpaired) electrons. The zero-order valence-corrected chi connectivity index (χ0v) is 10.5. The second-order valence-corrected chi connectivity index (χ2v) is 4.86. The largest absolute Gasteiger partial charge is 0.383 e. The third-order valence-corrected chi connectivity index (χ3v) is 3.52. The van der Waals surface area contributed by atoms with Crippen molar-refractivity contribution in [2.24, 2.45) is 5.92 Å². The summed E-state index contributed by atoms with van der Waals surface area (Å²) in [4.78, 5) is 11.9. The number of aromatic nitrogens is 3. The fourth-order valence-corrected chi connectivity index (χ4v) is 2.63. The van der Waals surface area contributed by atoms with Crippen molar-refractivity contribution < 1.29 is 14.2 Å². The van der Waals surface area contributed by atoms with Gasteiger partial charge in [-0.25, -0.2) is 9.97 Å². The Bertz CT molecular complexity index is 588. The zero-order chi connectivity index (χ0) is 13.4. The van der Waals surface area contributed by atoms with Crippen molar-refractivity contribution in [3.63, 3.8) is 0 Å². The normalized spacial score (nSPS) is 27.2. The molecular weight excluding hydrogens is 251 g/mol. The van der Waals surface area contributed by atoms with Crippen LogP contribution < -0.4 is 5.73 Å². The topological polar surface area (TPSA) is 75.2 Å². The highest BCUT2D eigenvalue weighted by molar-refractivity contribution is 5.86. The number of hydrogen-bond acceptors (Lipinski definition) is 5. The number of nitrogen functional groups attached to an aromatic ring is 1. The second kappa shape index (κ2) is 4.75. The van der Waals surface area contributed by atoms with Crippen molar-refractivity contribution in [3.8, 4) is 0 Å². The molecule has 1 aliphatic rings. The Morgan fingerprint density at radius 1 is 1.58 bits per heavy atom. The Labute approximate surface area is 109 Å². The van der Waals surface area contributed by atoms with Gasteiger partial charge in [0.1, 0.15) is 30.6 Å². The van der Waals surface area contributed by atoms with Gasteiger partial charge in [0, 0.05) is 12.1 Å². The van der Waals surface area contributed by atoms with E-state index in [1.165, 1.54) is 6.33 Å². The molecule has 2 aromatic rings. The highest BCUT2D eigenvalue weighted by Gasteiger charge is 2.34. The molecule has 0 bridgehead atoms. The van der Waals surface area contributed by atoms with E-state index in [-0.39, 0.29) is 24.9 Å². The lowest BCUT2D eigenvalue weighted by Crippen LogP contribution is -2.15. The number of ether oxygens (including phenoxy) is 1. The molecule has 0 amide bonds. The molecule has 0 saturated carbocycles. The highest BCUT2D eigenvalue weighted by Crippen LogP contribution is 2.36. The molecule has 3 atom stereocenters. The summed E-state index contributed by atoms with van der Waals surface area (Å²) in [5.41, 5.74) is 6.53. The molecule has 6 nitrogen and oxygen atoms in total. The zero-order valence-electron chi connectivity index (χ0n) is 10.5. The maximum atomic E-state index is 11.9. The van der Waals surface area contributed by atoms with Gasteiger partial charge in [-0.3, -0.25) is 0 Å². The average molecular weight is 266 g/mol. The predicted molar refractivity (Wildman–Crippen MR) is 66.7 cm³/mol. The minimum absolute atomic E-state index is 0.0445. The number of anilines is 1. The lowest BCUT2D eigenvalue weighted by molar-refractivity contribution is -0.168. The second-order valence-electron chi connectivity index (χ2n) is 4.86. The first kappa shape index (κ1) is 12.3. The van der Waals surface area contributed by atoms with Crippen molar-refractivity contribution in [3.05, 3.63) is 18.6 Å². The fourth-order valence-electron chi connectivity index (χ4n) is 2.63. The highest BCUT2D eigenvalue weighted by atomic mass is 19.3. The lowest BCUT2D eigenvalue weighted by atomic mass is 10.1. The van der Waals surface area contributed by atoms with Crippen LogP contribution in [0.4, 0.5) is 10.3 Å². The molecule has 1 fully saturated rings. The van der Waals surface area contributed by atoms with Crippen LogP contribution in [-0.4, -0.2) is 27.2 Å². The minimum Gasteiger partial charge on any atom is -0.383 e. The summed E-state index contributed by atoms with van der Waals surface area (Å²) in [6.07, 6.45) is 3.62. The SMILES string of the molecule is CC1CC(COF)O[C@H]1n1ccc2c(N)ncnc21. The van der Waals surface area contributed by atoms with Gasteiger partial charge in [-0.2, -0.15) is 4.94 Å². The monoisotopic (exact) mass is 266 g/mol. The van der Waals surface area contributed by atoms with Crippen molar-refractivity contribution in [1.29, 1.82) is 0 Å². The molecule has 2 aromatic heterocycles. The fraction of sp³-hybridized carbons (Fsp3) is 0.500. The van der Waals surface area contributed by atoms with Gasteiger partial charge in [0.2, 0.25) is 0 Å². The van der Waals surface area contributed by atoms with E-state index in [1.807, 2.05) is 16.8 Å². The van der Waals surface area contributed by atoms with Gasteiger partial charge >= 0.3 is 0 Å². The molecule has 0 aliphatic carbocycles. The first-order valence-corrected chi connectivity index (χ1v) is 6.16. The summed E-state index contributed by atoms with van der Waals surface area (Å²) in [6, 6.07) is 1.86. The van der Waals surface area contributed by atoms with Crippen LogP contribution >= 0.6 is 0 Å². The van der Waals surface area contributed by atoms with Crippen LogP contribution in [0.5, 0.6) is 0 Å². The van der Waals surface area contributed by atoms with Gasteiger partial charge in [-0.15, -0.1) is 0 Å². The smallest absolute Gasteiger partial charge is 0.147 e. The Morgan fingerprint density at radius 3 is 3.21 bits per heavy atom. The number of halogens is 1. The van der Waals surface area contributed by atoms with E-state index in [1.54, 1.807) is 0 Å². The van der Waals surface area contributed by atoms with E-state index in [0.29, 0.717) is 5.82 Å². The third-order valence-electron chi connectivity index (χ3n) is 3.52. The van der Waals surface area contributed by atoms with E-state index in [2.05, 4.69) is 21.8 Å². The summed E-state index contributed by atoms with van der Waals surface area (Å²) in [7, 11) is 0. The van der Waals surface area contributed by atoms with Gasteiger partial charge in [0.25, 0.3) is 0 Å². The Hall–Kier alpha value is -1.73. The molecule has 0 spiro atoms. The molecule has 102 valence electrons. The Kier molecular flexibility index (Phi) is 3.08. The van der Waals surface area contributed by atoms with Crippen LogP contribution in [0.25, 0.3) is 11.0 Å². The molecule has 3 heterocycles. The molecule has 3 rings (SSSR count). The van der Waals surface area contributed by atoms with Gasteiger partial charge < -0.3 is 15.0 Å². The molecule has 2 unspecified atom stereocenters. The van der Waals surface area contributed by atoms with Crippen molar-refractivity contribution in [2.75, 3.05) is 12.3 Å². The molecule has 7 heteroatoms. The van der Waals surface area contributed by atoms with Crippen molar-refractivity contribution >= 4 is 16.9 Å². The summed E-state index contributed by atoms with van der Waals surface area (Å²) in [5.74, 6) is 0.685.